The Bertz CT molecular complexity index is 1290. The Morgan fingerprint density at radius 3 is 2.68 bits per heavy atom. The van der Waals surface area contributed by atoms with Crippen molar-refractivity contribution in [2.75, 3.05) is 0 Å². The van der Waals surface area contributed by atoms with Crippen LogP contribution < -0.4 is 4.74 Å². The first-order chi connectivity index (χ1) is 13.7. The maximum absolute atomic E-state index is 5.98. The molecule has 138 valence electrons. The topological polar surface area (TPSA) is 70.1 Å². The summed E-state index contributed by atoms with van der Waals surface area (Å²) in [5.41, 5.74) is 3.33. The number of para-hydroxylation sites is 1. The third-order valence-corrected chi connectivity index (χ3v) is 4.72. The molecule has 7 nitrogen and oxygen atoms in total. The molecule has 5 rings (SSSR count). The number of rotatable bonds is 4. The summed E-state index contributed by atoms with van der Waals surface area (Å²) in [6.45, 7) is 2.28. The molecule has 0 saturated heterocycles. The molecule has 0 atom stereocenters. The highest BCUT2D eigenvalue weighted by Gasteiger charge is 2.14. The van der Waals surface area contributed by atoms with Gasteiger partial charge in [0.2, 0.25) is 0 Å². The lowest BCUT2D eigenvalue weighted by Gasteiger charge is -2.05. The van der Waals surface area contributed by atoms with E-state index in [0.717, 1.165) is 22.4 Å². The zero-order valence-corrected chi connectivity index (χ0v) is 15.7. The normalized spacial score (nSPS) is 11.4. The number of aromatic nitrogens is 6. The summed E-state index contributed by atoms with van der Waals surface area (Å²) in [5, 5.41) is 10.4. The van der Waals surface area contributed by atoms with E-state index in [2.05, 4.69) is 20.2 Å². The molecule has 0 bridgehead atoms. The minimum atomic E-state index is 0.277. The summed E-state index contributed by atoms with van der Waals surface area (Å²) in [4.78, 5) is 9.12. The van der Waals surface area contributed by atoms with Crippen LogP contribution in [0.4, 0.5) is 0 Å². The van der Waals surface area contributed by atoms with Crippen LogP contribution in [0.15, 0.2) is 61.1 Å². The average molecular weight is 391 g/mol. The first-order valence-electron chi connectivity index (χ1n) is 8.71. The molecule has 28 heavy (non-hydrogen) atoms. The molecule has 5 aromatic rings. The number of aryl methyl sites for hydroxylation is 1. The highest BCUT2D eigenvalue weighted by atomic mass is 35.5. The predicted octanol–water partition coefficient (Wildman–Crippen LogP) is 4.00. The van der Waals surface area contributed by atoms with Crippen molar-refractivity contribution in [1.82, 2.24) is 29.4 Å². The van der Waals surface area contributed by atoms with E-state index in [0.29, 0.717) is 22.1 Å². The summed E-state index contributed by atoms with van der Waals surface area (Å²) in [6, 6.07) is 15.3. The molecule has 0 radical (unpaired) electrons. The van der Waals surface area contributed by atoms with Crippen molar-refractivity contribution in [1.29, 1.82) is 0 Å². The second kappa shape index (κ2) is 6.61. The molecule has 0 saturated carbocycles. The smallest absolute Gasteiger partial charge is 0.189 e. The van der Waals surface area contributed by atoms with Gasteiger partial charge in [0.05, 0.1) is 17.3 Å². The van der Waals surface area contributed by atoms with E-state index in [-0.39, 0.29) is 6.61 Å². The molecule has 0 N–H and O–H groups in total. The van der Waals surface area contributed by atoms with Gasteiger partial charge in [0, 0.05) is 5.02 Å². The van der Waals surface area contributed by atoms with Gasteiger partial charge in [-0.2, -0.15) is 5.10 Å². The first-order valence-corrected chi connectivity index (χ1v) is 9.09. The molecule has 3 heterocycles. The van der Waals surface area contributed by atoms with Gasteiger partial charge in [-0.15, -0.1) is 5.10 Å². The molecule has 3 aromatic heterocycles. The van der Waals surface area contributed by atoms with Gasteiger partial charge >= 0.3 is 0 Å². The first kappa shape index (κ1) is 16.7. The van der Waals surface area contributed by atoms with Crippen molar-refractivity contribution in [2.24, 2.45) is 0 Å². The third kappa shape index (κ3) is 2.86. The summed E-state index contributed by atoms with van der Waals surface area (Å²) < 4.78 is 9.26. The zero-order valence-electron chi connectivity index (χ0n) is 15.0. The van der Waals surface area contributed by atoms with Gasteiger partial charge in [0.15, 0.2) is 17.1 Å². The number of benzene rings is 2. The highest BCUT2D eigenvalue weighted by Crippen LogP contribution is 2.22. The molecular formula is C20H15ClN6O. The third-order valence-electron chi connectivity index (χ3n) is 4.47. The zero-order chi connectivity index (χ0) is 19.1. The largest absolute Gasteiger partial charge is 0.485 e. The van der Waals surface area contributed by atoms with Gasteiger partial charge in [-0.25, -0.2) is 19.2 Å². The molecule has 0 spiro atoms. The van der Waals surface area contributed by atoms with Crippen molar-refractivity contribution in [3.8, 4) is 11.4 Å². The Kier molecular flexibility index (Phi) is 3.95. The van der Waals surface area contributed by atoms with Crippen molar-refractivity contribution in [2.45, 2.75) is 13.5 Å². The molecule has 0 aliphatic rings. The molecule has 2 aromatic carbocycles. The lowest BCUT2D eigenvalue weighted by atomic mass is 10.2. The van der Waals surface area contributed by atoms with Gasteiger partial charge in [0.1, 0.15) is 18.7 Å². The van der Waals surface area contributed by atoms with E-state index in [1.807, 2.05) is 55.5 Å². The maximum Gasteiger partial charge on any atom is 0.189 e. The standard InChI is InChI=1S/C20H15ClN6O/c1-13-4-2-3-5-17(13)28-11-18-24-20-16-10-23-27(15-8-6-14(21)7-9-15)19(16)22-12-26(20)25-18/h2-10,12H,11H2,1H3. The maximum atomic E-state index is 5.98. The molecule has 0 aliphatic carbocycles. The van der Waals surface area contributed by atoms with Gasteiger partial charge in [-0.1, -0.05) is 29.8 Å². The number of halogens is 1. The van der Waals surface area contributed by atoms with Gasteiger partial charge in [-0.3, -0.25) is 0 Å². The second-order valence-corrected chi connectivity index (χ2v) is 6.80. The van der Waals surface area contributed by atoms with E-state index in [1.165, 1.54) is 0 Å². The Balaban J connectivity index is 1.50. The second-order valence-electron chi connectivity index (χ2n) is 6.37. The molecule has 0 fully saturated rings. The highest BCUT2D eigenvalue weighted by molar-refractivity contribution is 6.30. The minimum Gasteiger partial charge on any atom is -0.485 e. The Morgan fingerprint density at radius 1 is 1.04 bits per heavy atom. The Hall–Kier alpha value is -3.45. The van der Waals surface area contributed by atoms with Crippen LogP contribution in [-0.4, -0.2) is 29.4 Å². The van der Waals surface area contributed by atoms with Gasteiger partial charge < -0.3 is 4.74 Å². The summed E-state index contributed by atoms with van der Waals surface area (Å²) in [6.07, 6.45) is 3.38. The van der Waals surface area contributed by atoms with Crippen LogP contribution in [0.1, 0.15) is 11.4 Å². The van der Waals surface area contributed by atoms with Crippen LogP contribution in [-0.2, 0) is 6.61 Å². The molecule has 8 heteroatoms. The fourth-order valence-electron chi connectivity index (χ4n) is 3.06. The fraction of sp³-hybridized carbons (Fsp3) is 0.100. The van der Waals surface area contributed by atoms with Crippen LogP contribution >= 0.6 is 11.6 Å². The summed E-state index contributed by atoms with van der Waals surface area (Å²) >= 11 is 5.98. The van der Waals surface area contributed by atoms with Crippen LogP contribution in [0.2, 0.25) is 5.02 Å². The molecule has 0 amide bonds. The molecule has 0 aliphatic heterocycles. The van der Waals surface area contributed by atoms with Crippen LogP contribution in [0.25, 0.3) is 22.4 Å². The number of fused-ring (bicyclic) bond motifs is 3. The summed E-state index contributed by atoms with van der Waals surface area (Å²) in [5.74, 6) is 1.40. The lowest BCUT2D eigenvalue weighted by Crippen LogP contribution is -2.00. The average Bonchev–Trinajstić information content (AvgIpc) is 3.31. The van der Waals surface area contributed by atoms with Gasteiger partial charge in [0.25, 0.3) is 0 Å². The summed E-state index contributed by atoms with van der Waals surface area (Å²) in [7, 11) is 0. The number of ether oxygens (including phenoxy) is 1. The quantitative estimate of drug-likeness (QED) is 0.464. The van der Waals surface area contributed by atoms with E-state index in [4.69, 9.17) is 16.3 Å². The minimum absolute atomic E-state index is 0.277. The lowest BCUT2D eigenvalue weighted by molar-refractivity contribution is 0.294. The van der Waals surface area contributed by atoms with E-state index in [9.17, 15) is 0 Å². The number of hydrogen-bond acceptors (Lipinski definition) is 5. The predicted molar refractivity (Wildman–Crippen MR) is 106 cm³/mol. The number of hydrogen-bond donors (Lipinski definition) is 0. The van der Waals surface area contributed by atoms with Crippen LogP contribution in [0.5, 0.6) is 5.75 Å². The van der Waals surface area contributed by atoms with E-state index in [1.54, 1.807) is 21.7 Å². The molecule has 0 unspecified atom stereocenters. The van der Waals surface area contributed by atoms with E-state index < -0.39 is 0 Å². The van der Waals surface area contributed by atoms with Crippen LogP contribution in [0, 0.1) is 6.92 Å². The van der Waals surface area contributed by atoms with Crippen molar-refractivity contribution >= 4 is 28.3 Å². The molecular weight excluding hydrogens is 376 g/mol. The van der Waals surface area contributed by atoms with Gasteiger partial charge in [-0.05, 0) is 42.8 Å². The van der Waals surface area contributed by atoms with Crippen LogP contribution in [0.3, 0.4) is 0 Å². The van der Waals surface area contributed by atoms with Crippen molar-refractivity contribution in [3.63, 3.8) is 0 Å². The SMILES string of the molecule is Cc1ccccc1OCc1nc2c3cnn(-c4ccc(Cl)cc4)c3ncn2n1. The number of nitrogens with zero attached hydrogens (tertiary/aromatic N) is 6. The van der Waals surface area contributed by atoms with E-state index >= 15 is 0 Å². The van der Waals surface area contributed by atoms with Crippen molar-refractivity contribution in [3.05, 3.63) is 77.5 Å². The Morgan fingerprint density at radius 2 is 1.86 bits per heavy atom. The Labute approximate surface area is 165 Å². The fourth-order valence-corrected chi connectivity index (χ4v) is 3.18. The monoisotopic (exact) mass is 390 g/mol. The van der Waals surface area contributed by atoms with Crippen molar-refractivity contribution < 1.29 is 4.74 Å².